The number of hydrogen-bond acceptors (Lipinski definition) is 3. The van der Waals surface area contributed by atoms with Crippen molar-refractivity contribution in [3.63, 3.8) is 0 Å². The van der Waals surface area contributed by atoms with Gasteiger partial charge in [-0.15, -0.1) is 0 Å². The molecule has 0 unspecified atom stereocenters. The predicted molar refractivity (Wildman–Crippen MR) is 93.0 cm³/mol. The number of benzene rings is 1. The molecule has 1 aromatic carbocycles. The van der Waals surface area contributed by atoms with Crippen LogP contribution in [0.15, 0.2) is 18.2 Å². The zero-order valence-electron chi connectivity index (χ0n) is 13.8. The number of fused-ring (bicyclic) bond motifs is 5. The number of nitro groups is 1. The van der Waals surface area contributed by atoms with Gasteiger partial charge < -0.3 is 10.3 Å². The summed E-state index contributed by atoms with van der Waals surface area (Å²) >= 11 is 0. The molecule has 2 bridgehead atoms. The van der Waals surface area contributed by atoms with Crippen LogP contribution in [-0.2, 0) is 6.42 Å². The Hall–Kier alpha value is -1.88. The highest BCUT2D eigenvalue weighted by atomic mass is 16.6. The molecule has 0 spiro atoms. The van der Waals surface area contributed by atoms with E-state index in [9.17, 15) is 10.1 Å². The highest BCUT2D eigenvalue weighted by Crippen LogP contribution is 2.46. The summed E-state index contributed by atoms with van der Waals surface area (Å²) in [6.07, 6.45) is 8.90. The van der Waals surface area contributed by atoms with Gasteiger partial charge in [-0.25, -0.2) is 0 Å². The second-order valence-corrected chi connectivity index (χ2v) is 7.90. The van der Waals surface area contributed by atoms with Crippen molar-refractivity contribution in [3.05, 3.63) is 39.6 Å². The SMILES string of the molecule is O=[N+]([O-])c1ccc2[nH]c3c(c2c1)CCC[C@H]3N[C@H]1C[C@H]2CC[C@H]1C2. The maximum Gasteiger partial charge on any atom is 0.270 e. The molecular weight excluding hydrogens is 302 g/mol. The van der Waals surface area contributed by atoms with Gasteiger partial charge in [-0.3, -0.25) is 10.1 Å². The molecule has 0 aliphatic heterocycles. The number of H-pyrrole nitrogens is 1. The third kappa shape index (κ3) is 2.18. The molecule has 5 heteroatoms. The largest absolute Gasteiger partial charge is 0.357 e. The molecule has 0 saturated heterocycles. The van der Waals surface area contributed by atoms with Gasteiger partial charge in [0, 0.05) is 40.8 Å². The van der Waals surface area contributed by atoms with E-state index >= 15 is 0 Å². The summed E-state index contributed by atoms with van der Waals surface area (Å²) in [6, 6.07) is 6.25. The van der Waals surface area contributed by atoms with Crippen LogP contribution in [0.25, 0.3) is 10.9 Å². The summed E-state index contributed by atoms with van der Waals surface area (Å²) in [5.74, 6) is 1.81. The van der Waals surface area contributed by atoms with E-state index in [1.807, 2.05) is 6.07 Å². The maximum atomic E-state index is 11.1. The van der Waals surface area contributed by atoms with Crippen LogP contribution in [0.1, 0.15) is 55.8 Å². The lowest BCUT2D eigenvalue weighted by molar-refractivity contribution is -0.384. The Labute approximate surface area is 141 Å². The summed E-state index contributed by atoms with van der Waals surface area (Å²) in [6.45, 7) is 0. The number of nitrogens with zero attached hydrogens (tertiary/aromatic N) is 1. The topological polar surface area (TPSA) is 71.0 Å². The summed E-state index contributed by atoms with van der Waals surface area (Å²) < 4.78 is 0. The molecular formula is C19H23N3O2. The van der Waals surface area contributed by atoms with Crippen molar-refractivity contribution < 1.29 is 4.92 Å². The molecule has 2 aromatic rings. The third-order valence-electron chi connectivity index (χ3n) is 6.55. The number of aryl methyl sites for hydroxylation is 1. The molecule has 5 rings (SSSR count). The smallest absolute Gasteiger partial charge is 0.270 e. The van der Waals surface area contributed by atoms with Crippen LogP contribution in [0.4, 0.5) is 5.69 Å². The lowest BCUT2D eigenvalue weighted by Crippen LogP contribution is -2.38. The minimum Gasteiger partial charge on any atom is -0.357 e. The second kappa shape index (κ2) is 5.31. The molecule has 0 radical (unpaired) electrons. The number of rotatable bonds is 3. The van der Waals surface area contributed by atoms with Crippen molar-refractivity contribution in [2.24, 2.45) is 11.8 Å². The van der Waals surface area contributed by atoms with Crippen LogP contribution in [0, 0.1) is 22.0 Å². The van der Waals surface area contributed by atoms with Gasteiger partial charge in [0.05, 0.1) is 4.92 Å². The standard InChI is InChI=1S/C19H23N3O2/c23-22(24)13-6-7-16-15(10-13)14-2-1-3-17(19(14)21-16)20-18-9-11-4-5-12(18)8-11/h6-7,10-12,17-18,20-21H,1-5,8-9H2/t11-,12-,17+,18-/m0/s1. The van der Waals surface area contributed by atoms with Crippen LogP contribution >= 0.6 is 0 Å². The molecule has 1 aromatic heterocycles. The number of nitro benzene ring substituents is 1. The van der Waals surface area contributed by atoms with Crippen molar-refractivity contribution in [3.8, 4) is 0 Å². The Kier molecular flexibility index (Phi) is 3.20. The zero-order chi connectivity index (χ0) is 16.3. The van der Waals surface area contributed by atoms with Crippen molar-refractivity contribution in [1.29, 1.82) is 0 Å². The molecule has 24 heavy (non-hydrogen) atoms. The van der Waals surface area contributed by atoms with Gasteiger partial charge in [0.2, 0.25) is 0 Å². The lowest BCUT2D eigenvalue weighted by atomic mass is 9.89. The van der Waals surface area contributed by atoms with Crippen molar-refractivity contribution in [2.75, 3.05) is 0 Å². The molecule has 3 aliphatic rings. The maximum absolute atomic E-state index is 11.1. The van der Waals surface area contributed by atoms with E-state index in [0.29, 0.717) is 12.1 Å². The molecule has 4 atom stereocenters. The van der Waals surface area contributed by atoms with Gasteiger partial charge in [-0.1, -0.05) is 6.42 Å². The quantitative estimate of drug-likeness (QED) is 0.655. The Morgan fingerprint density at radius 1 is 1.21 bits per heavy atom. The molecule has 3 aliphatic carbocycles. The van der Waals surface area contributed by atoms with Crippen LogP contribution < -0.4 is 5.32 Å². The third-order valence-corrected chi connectivity index (χ3v) is 6.55. The Morgan fingerprint density at radius 3 is 2.88 bits per heavy atom. The number of aromatic amines is 1. The van der Waals surface area contributed by atoms with E-state index in [-0.39, 0.29) is 10.6 Å². The first-order valence-electron chi connectivity index (χ1n) is 9.24. The van der Waals surface area contributed by atoms with Crippen LogP contribution in [-0.4, -0.2) is 15.9 Å². The number of nitrogens with one attached hydrogen (secondary N) is 2. The first-order valence-corrected chi connectivity index (χ1v) is 9.24. The fourth-order valence-electron chi connectivity index (χ4n) is 5.44. The first kappa shape index (κ1) is 14.5. The molecule has 2 N–H and O–H groups in total. The Morgan fingerprint density at radius 2 is 2.12 bits per heavy atom. The first-order chi connectivity index (χ1) is 11.7. The average Bonchev–Trinajstić information content (AvgIpc) is 3.28. The molecule has 2 fully saturated rings. The second-order valence-electron chi connectivity index (χ2n) is 7.90. The van der Waals surface area contributed by atoms with Crippen molar-refractivity contribution >= 4 is 16.6 Å². The molecule has 5 nitrogen and oxygen atoms in total. The number of aromatic nitrogens is 1. The van der Waals surface area contributed by atoms with Crippen molar-refractivity contribution in [2.45, 2.75) is 57.0 Å². The monoisotopic (exact) mass is 325 g/mol. The fraction of sp³-hybridized carbons (Fsp3) is 0.579. The van der Waals surface area contributed by atoms with Gasteiger partial charge in [0.1, 0.15) is 0 Å². The number of non-ortho nitro benzene ring substituents is 1. The van der Waals surface area contributed by atoms with Gasteiger partial charge in [0.15, 0.2) is 0 Å². The van der Waals surface area contributed by atoms with Gasteiger partial charge >= 0.3 is 0 Å². The van der Waals surface area contributed by atoms with E-state index in [1.54, 1.807) is 12.1 Å². The highest BCUT2D eigenvalue weighted by molar-refractivity contribution is 5.87. The van der Waals surface area contributed by atoms with Crippen molar-refractivity contribution in [1.82, 2.24) is 10.3 Å². The van der Waals surface area contributed by atoms with Crippen LogP contribution in [0.5, 0.6) is 0 Å². The molecule has 0 amide bonds. The highest BCUT2D eigenvalue weighted by Gasteiger charge is 2.40. The molecule has 2 saturated carbocycles. The summed E-state index contributed by atoms with van der Waals surface area (Å²) in [5.41, 5.74) is 3.79. The fourth-order valence-corrected chi connectivity index (χ4v) is 5.44. The summed E-state index contributed by atoms with van der Waals surface area (Å²) in [7, 11) is 0. The van der Waals surface area contributed by atoms with E-state index < -0.39 is 0 Å². The zero-order valence-corrected chi connectivity index (χ0v) is 13.8. The normalized spacial score (nSPS) is 31.5. The summed E-state index contributed by atoms with van der Waals surface area (Å²) in [4.78, 5) is 14.4. The summed E-state index contributed by atoms with van der Waals surface area (Å²) in [5, 5.41) is 16.1. The van der Waals surface area contributed by atoms with Gasteiger partial charge in [-0.05, 0) is 62.0 Å². The average molecular weight is 325 g/mol. The predicted octanol–water partition coefficient (Wildman–Crippen LogP) is 4.23. The minimum atomic E-state index is -0.299. The Bertz CT molecular complexity index is 812. The lowest BCUT2D eigenvalue weighted by Gasteiger charge is -2.31. The van der Waals surface area contributed by atoms with Gasteiger partial charge in [-0.2, -0.15) is 0 Å². The van der Waals surface area contributed by atoms with E-state index in [4.69, 9.17) is 0 Å². The minimum absolute atomic E-state index is 0.187. The molecule has 126 valence electrons. The Balaban J connectivity index is 1.48. The van der Waals surface area contributed by atoms with E-state index in [1.165, 1.54) is 36.9 Å². The van der Waals surface area contributed by atoms with E-state index in [2.05, 4.69) is 10.3 Å². The molecule has 1 heterocycles. The van der Waals surface area contributed by atoms with Crippen LogP contribution in [0.3, 0.4) is 0 Å². The van der Waals surface area contributed by atoms with Gasteiger partial charge in [0.25, 0.3) is 5.69 Å². The van der Waals surface area contributed by atoms with E-state index in [0.717, 1.165) is 42.0 Å². The van der Waals surface area contributed by atoms with Crippen LogP contribution in [0.2, 0.25) is 0 Å². The number of hydrogen-bond donors (Lipinski definition) is 2.